The fourth-order valence-corrected chi connectivity index (χ4v) is 3.23. The smallest absolute Gasteiger partial charge is 0.255 e. The summed E-state index contributed by atoms with van der Waals surface area (Å²) in [6, 6.07) is 25.7. The molecule has 0 radical (unpaired) electrons. The molecule has 0 bridgehead atoms. The number of alkyl halides is 1. The van der Waals surface area contributed by atoms with Gasteiger partial charge in [0.15, 0.2) is 0 Å². The Morgan fingerprint density at radius 3 is 1.23 bits per heavy atom. The zero-order valence-corrected chi connectivity index (χ0v) is 25.3. The fraction of sp³-hybridized carbons (Fsp3) is 0.188. The first-order chi connectivity index (χ1) is 21.3. The monoisotopic (exact) mass is 670 g/mol. The fourth-order valence-electron chi connectivity index (χ4n) is 3.23. The molecular formula is C32H35BrN2O9. The van der Waals surface area contributed by atoms with Crippen LogP contribution in [0.5, 0.6) is 23.0 Å². The SMILES string of the molecule is O=C(Nc1ccc(O)cc1)c1ccc(O)cc1.O=C(Nc1ccc(OCCO)cc1)c1ccc(OCCO)cc1.OCCBr. The molecule has 4 rings (SSSR count). The third kappa shape index (κ3) is 13.6. The van der Waals surface area contributed by atoms with Crippen molar-refractivity contribution in [3.63, 3.8) is 0 Å². The van der Waals surface area contributed by atoms with Crippen LogP contribution in [0.4, 0.5) is 11.4 Å². The summed E-state index contributed by atoms with van der Waals surface area (Å²) < 4.78 is 10.5. The lowest BCUT2D eigenvalue weighted by molar-refractivity contribution is 0.101. The van der Waals surface area contributed by atoms with Crippen molar-refractivity contribution in [2.24, 2.45) is 0 Å². The summed E-state index contributed by atoms with van der Waals surface area (Å²) in [5.41, 5.74) is 2.20. The minimum absolute atomic E-state index is 0.0451. The third-order valence-corrected chi connectivity index (χ3v) is 5.64. The molecule has 0 heterocycles. The molecule has 0 fully saturated rings. The number of anilines is 2. The van der Waals surface area contributed by atoms with Crippen LogP contribution in [-0.4, -0.2) is 75.7 Å². The number of phenolic OH excluding ortho intramolecular Hbond substituents is 2. The van der Waals surface area contributed by atoms with E-state index in [4.69, 9.17) is 35.0 Å². The summed E-state index contributed by atoms with van der Waals surface area (Å²) in [6.07, 6.45) is 0. The zero-order valence-electron chi connectivity index (χ0n) is 23.7. The molecule has 0 unspecified atom stereocenters. The quantitative estimate of drug-likeness (QED) is 0.0900. The van der Waals surface area contributed by atoms with E-state index in [2.05, 4.69) is 26.6 Å². The number of nitrogens with one attached hydrogen (secondary N) is 2. The molecule has 4 aromatic carbocycles. The number of phenols is 2. The summed E-state index contributed by atoms with van der Waals surface area (Å²) in [6.45, 7) is 0.587. The lowest BCUT2D eigenvalue weighted by Gasteiger charge is -2.08. The van der Waals surface area contributed by atoms with Crippen LogP contribution in [0.25, 0.3) is 0 Å². The summed E-state index contributed by atoms with van der Waals surface area (Å²) >= 11 is 3.00. The maximum Gasteiger partial charge on any atom is 0.255 e. The van der Waals surface area contributed by atoms with Gasteiger partial charge in [-0.25, -0.2) is 0 Å². The van der Waals surface area contributed by atoms with Gasteiger partial charge in [0.2, 0.25) is 0 Å². The molecule has 12 heteroatoms. The zero-order chi connectivity index (χ0) is 32.2. The number of hydrogen-bond donors (Lipinski definition) is 7. The Morgan fingerprint density at radius 2 is 0.864 bits per heavy atom. The molecule has 11 nitrogen and oxygen atoms in total. The number of carbonyl (C=O) groups is 2. The van der Waals surface area contributed by atoms with Crippen molar-refractivity contribution in [3.05, 3.63) is 108 Å². The van der Waals surface area contributed by atoms with E-state index in [1.807, 2.05) is 0 Å². The Labute approximate surface area is 263 Å². The highest BCUT2D eigenvalue weighted by Gasteiger charge is 2.07. The van der Waals surface area contributed by atoms with Gasteiger partial charge in [-0.2, -0.15) is 0 Å². The maximum absolute atomic E-state index is 12.1. The lowest BCUT2D eigenvalue weighted by atomic mass is 10.2. The Bertz CT molecular complexity index is 1380. The van der Waals surface area contributed by atoms with Gasteiger partial charge in [0.05, 0.1) is 19.8 Å². The molecule has 7 N–H and O–H groups in total. The van der Waals surface area contributed by atoms with E-state index in [1.165, 1.54) is 36.4 Å². The molecule has 0 aliphatic carbocycles. The number of carbonyl (C=O) groups excluding carboxylic acids is 2. The van der Waals surface area contributed by atoms with Crippen LogP contribution in [-0.2, 0) is 0 Å². The van der Waals surface area contributed by atoms with Gasteiger partial charge in [-0.15, -0.1) is 0 Å². The van der Waals surface area contributed by atoms with Crippen molar-refractivity contribution in [2.75, 3.05) is 49.0 Å². The Morgan fingerprint density at radius 1 is 0.545 bits per heavy atom. The minimum Gasteiger partial charge on any atom is -0.508 e. The average molecular weight is 672 g/mol. The van der Waals surface area contributed by atoms with Gasteiger partial charge in [-0.3, -0.25) is 9.59 Å². The Balaban J connectivity index is 0.000000283. The number of benzene rings is 4. The molecule has 0 aliphatic heterocycles. The molecule has 234 valence electrons. The molecule has 0 atom stereocenters. The molecule has 0 saturated heterocycles. The van der Waals surface area contributed by atoms with Crippen molar-refractivity contribution in [1.82, 2.24) is 0 Å². The number of halogens is 1. The van der Waals surface area contributed by atoms with E-state index in [1.54, 1.807) is 60.7 Å². The third-order valence-electron chi connectivity index (χ3n) is 5.29. The molecule has 0 aromatic heterocycles. The number of aliphatic hydroxyl groups is 3. The van der Waals surface area contributed by atoms with E-state index in [-0.39, 0.29) is 56.3 Å². The highest BCUT2D eigenvalue weighted by molar-refractivity contribution is 9.09. The van der Waals surface area contributed by atoms with Crippen molar-refractivity contribution in [2.45, 2.75) is 0 Å². The highest BCUT2D eigenvalue weighted by Crippen LogP contribution is 2.18. The van der Waals surface area contributed by atoms with Crippen LogP contribution in [0.3, 0.4) is 0 Å². The van der Waals surface area contributed by atoms with Crippen molar-refractivity contribution in [3.8, 4) is 23.0 Å². The molecule has 2 amide bonds. The van der Waals surface area contributed by atoms with Crippen molar-refractivity contribution < 1.29 is 44.6 Å². The van der Waals surface area contributed by atoms with Gasteiger partial charge >= 0.3 is 0 Å². The van der Waals surface area contributed by atoms with E-state index >= 15 is 0 Å². The number of hydrogen-bond acceptors (Lipinski definition) is 9. The summed E-state index contributed by atoms with van der Waals surface area (Å²) in [4.78, 5) is 23.9. The first-order valence-electron chi connectivity index (χ1n) is 13.3. The van der Waals surface area contributed by atoms with E-state index in [9.17, 15) is 9.59 Å². The number of aromatic hydroxyl groups is 2. The largest absolute Gasteiger partial charge is 0.508 e. The van der Waals surface area contributed by atoms with Crippen LogP contribution < -0.4 is 20.1 Å². The van der Waals surface area contributed by atoms with Gasteiger partial charge in [0, 0.05) is 27.8 Å². The molecule has 44 heavy (non-hydrogen) atoms. The van der Waals surface area contributed by atoms with Crippen molar-refractivity contribution in [1.29, 1.82) is 0 Å². The number of ether oxygens (including phenoxy) is 2. The molecule has 0 spiro atoms. The van der Waals surface area contributed by atoms with E-state index < -0.39 is 0 Å². The van der Waals surface area contributed by atoms with E-state index in [0.29, 0.717) is 39.3 Å². The second-order valence-electron chi connectivity index (χ2n) is 8.61. The van der Waals surface area contributed by atoms with E-state index in [0.717, 1.165) is 0 Å². The van der Waals surface area contributed by atoms with Gasteiger partial charge in [-0.1, -0.05) is 15.9 Å². The topological polar surface area (TPSA) is 178 Å². The number of aliphatic hydroxyl groups excluding tert-OH is 3. The highest BCUT2D eigenvalue weighted by atomic mass is 79.9. The van der Waals surface area contributed by atoms with Gasteiger partial charge in [-0.05, 0) is 97.1 Å². The van der Waals surface area contributed by atoms with Crippen LogP contribution in [0.15, 0.2) is 97.1 Å². The normalized spacial score (nSPS) is 9.82. The van der Waals surface area contributed by atoms with Crippen LogP contribution in [0.2, 0.25) is 0 Å². The summed E-state index contributed by atoms with van der Waals surface area (Å²) in [7, 11) is 0. The maximum atomic E-state index is 12.1. The molecule has 4 aromatic rings. The molecule has 0 saturated carbocycles. The second kappa shape index (κ2) is 20.3. The standard InChI is InChI=1S/C17H19NO5.C13H11NO3.C2H5BrO/c19-9-11-22-15-5-1-13(2-6-15)17(21)18-14-3-7-16(8-4-14)23-12-10-20;15-11-5-1-9(2-6-11)13(17)14-10-3-7-12(16)8-4-10;3-1-2-4/h1-8,19-20H,9-12H2,(H,18,21);1-8,15-16H,(H,14,17);4H,1-2H2. The van der Waals surface area contributed by atoms with Gasteiger partial charge in [0.1, 0.15) is 36.2 Å². The first-order valence-corrected chi connectivity index (χ1v) is 14.5. The lowest BCUT2D eigenvalue weighted by Crippen LogP contribution is -2.12. The Hall–Kier alpha value is -4.62. The Kier molecular flexibility index (Phi) is 16.4. The van der Waals surface area contributed by atoms with Crippen LogP contribution in [0.1, 0.15) is 20.7 Å². The minimum atomic E-state index is -0.268. The van der Waals surface area contributed by atoms with Crippen LogP contribution in [0, 0.1) is 0 Å². The second-order valence-corrected chi connectivity index (χ2v) is 9.40. The van der Waals surface area contributed by atoms with Crippen molar-refractivity contribution >= 4 is 39.1 Å². The molecular weight excluding hydrogens is 636 g/mol. The average Bonchev–Trinajstić information content (AvgIpc) is 3.05. The molecule has 0 aliphatic rings. The summed E-state index contributed by atoms with van der Waals surface area (Å²) in [5.74, 6) is 0.987. The summed E-state index contributed by atoms with van der Waals surface area (Å²) in [5, 5.41) is 49.5. The number of amides is 2. The number of rotatable bonds is 11. The van der Waals surface area contributed by atoms with Gasteiger partial charge < -0.3 is 45.6 Å². The van der Waals surface area contributed by atoms with Crippen LogP contribution >= 0.6 is 15.9 Å². The first kappa shape index (κ1) is 35.6. The predicted octanol–water partition coefficient (Wildman–Crippen LogP) is 4.40. The van der Waals surface area contributed by atoms with Gasteiger partial charge in [0.25, 0.3) is 11.8 Å². The predicted molar refractivity (Wildman–Crippen MR) is 171 cm³/mol.